The fourth-order valence-corrected chi connectivity index (χ4v) is 2.48. The van der Waals surface area contributed by atoms with E-state index >= 15 is 0 Å². The van der Waals surface area contributed by atoms with Gasteiger partial charge in [0.2, 0.25) is 0 Å². The number of nitrogens with zero attached hydrogens (tertiary/aromatic N) is 4. The van der Waals surface area contributed by atoms with Gasteiger partial charge in [-0.2, -0.15) is 9.78 Å². The van der Waals surface area contributed by atoms with Crippen LogP contribution >= 0.6 is 0 Å². The summed E-state index contributed by atoms with van der Waals surface area (Å²) in [7, 11) is 0. The third kappa shape index (κ3) is 2.75. The Balaban J connectivity index is 1.82. The van der Waals surface area contributed by atoms with Crippen molar-refractivity contribution in [2.45, 2.75) is 0 Å². The van der Waals surface area contributed by atoms with Gasteiger partial charge in [-0.15, -0.1) is 5.10 Å². The summed E-state index contributed by atoms with van der Waals surface area (Å²) in [6, 6.07) is 27.6. The molecule has 0 bridgehead atoms. The molecule has 5 nitrogen and oxygen atoms in total. The molecule has 116 valence electrons. The van der Waals surface area contributed by atoms with Gasteiger partial charge in [0.25, 0.3) is 0 Å². The van der Waals surface area contributed by atoms with Crippen LogP contribution in [-0.2, 0) is 0 Å². The monoisotopic (exact) mass is 313 g/mol. The molecule has 0 atom stereocenters. The maximum Gasteiger partial charge on any atom is 0.182 e. The second-order valence-corrected chi connectivity index (χ2v) is 5.27. The SMILES string of the molecule is c1ccc(N/N=C(/c2ccccc2)n2nnc3ccccc32)cc1. The molecule has 3 aromatic carbocycles. The van der Waals surface area contributed by atoms with Gasteiger partial charge in [0, 0.05) is 5.56 Å². The normalized spacial score (nSPS) is 11.6. The van der Waals surface area contributed by atoms with Crippen LogP contribution in [0.25, 0.3) is 11.0 Å². The molecule has 0 aliphatic carbocycles. The summed E-state index contributed by atoms with van der Waals surface area (Å²) in [5.41, 5.74) is 6.71. The summed E-state index contributed by atoms with van der Waals surface area (Å²) >= 11 is 0. The maximum absolute atomic E-state index is 4.58. The first kappa shape index (κ1) is 14.1. The van der Waals surface area contributed by atoms with Crippen molar-refractivity contribution in [1.29, 1.82) is 0 Å². The topological polar surface area (TPSA) is 55.1 Å². The van der Waals surface area contributed by atoms with Crippen LogP contribution in [0.4, 0.5) is 5.69 Å². The lowest BCUT2D eigenvalue weighted by Gasteiger charge is -2.08. The number of anilines is 1. The summed E-state index contributed by atoms with van der Waals surface area (Å²) in [6.45, 7) is 0. The number of para-hydroxylation sites is 2. The standard InChI is InChI=1S/C19H15N5/c1-3-9-15(10-4-1)19(22-20-16-11-5-2-6-12-16)24-18-14-8-7-13-17(18)21-23-24/h1-14,20H/b22-19-. The Morgan fingerprint density at radius 2 is 1.46 bits per heavy atom. The molecule has 0 fully saturated rings. The molecule has 5 heteroatoms. The average Bonchev–Trinajstić information content (AvgIpc) is 3.08. The number of hydrazone groups is 1. The lowest BCUT2D eigenvalue weighted by atomic mass is 10.2. The molecule has 4 aromatic rings. The van der Waals surface area contributed by atoms with Gasteiger partial charge in [0.1, 0.15) is 5.52 Å². The lowest BCUT2D eigenvalue weighted by molar-refractivity contribution is 0.859. The van der Waals surface area contributed by atoms with Crippen LogP contribution in [0.1, 0.15) is 5.56 Å². The molecule has 0 saturated heterocycles. The molecule has 1 aromatic heterocycles. The Morgan fingerprint density at radius 1 is 0.792 bits per heavy atom. The van der Waals surface area contributed by atoms with E-state index in [1.54, 1.807) is 4.68 Å². The molecule has 0 saturated carbocycles. The summed E-state index contributed by atoms with van der Waals surface area (Å²) in [5, 5.41) is 13.1. The van der Waals surface area contributed by atoms with E-state index in [4.69, 9.17) is 0 Å². The molecule has 1 heterocycles. The molecular weight excluding hydrogens is 298 g/mol. The van der Waals surface area contributed by atoms with Gasteiger partial charge in [-0.25, -0.2) is 0 Å². The van der Waals surface area contributed by atoms with Crippen molar-refractivity contribution in [1.82, 2.24) is 15.0 Å². The van der Waals surface area contributed by atoms with Crippen LogP contribution in [0.5, 0.6) is 0 Å². The van der Waals surface area contributed by atoms with Crippen molar-refractivity contribution in [2.75, 3.05) is 5.43 Å². The minimum atomic E-state index is 0.688. The van der Waals surface area contributed by atoms with E-state index in [0.29, 0.717) is 5.84 Å². The van der Waals surface area contributed by atoms with Crippen LogP contribution in [0, 0.1) is 0 Å². The number of benzene rings is 3. The molecule has 0 unspecified atom stereocenters. The molecule has 0 radical (unpaired) electrons. The first-order chi connectivity index (χ1) is 11.9. The molecule has 24 heavy (non-hydrogen) atoms. The zero-order chi connectivity index (χ0) is 16.2. The van der Waals surface area contributed by atoms with Gasteiger partial charge in [0.15, 0.2) is 5.84 Å². The average molecular weight is 313 g/mol. The third-order valence-corrected chi connectivity index (χ3v) is 3.65. The molecule has 0 aliphatic heterocycles. The zero-order valence-corrected chi connectivity index (χ0v) is 12.9. The van der Waals surface area contributed by atoms with Crippen LogP contribution < -0.4 is 5.43 Å². The maximum atomic E-state index is 4.58. The van der Waals surface area contributed by atoms with Gasteiger partial charge in [-0.3, -0.25) is 5.43 Å². The summed E-state index contributed by atoms with van der Waals surface area (Å²) in [4.78, 5) is 0. The fraction of sp³-hybridized carbons (Fsp3) is 0. The van der Waals surface area contributed by atoms with Gasteiger partial charge >= 0.3 is 0 Å². The highest BCUT2D eigenvalue weighted by atomic mass is 15.5. The molecule has 1 N–H and O–H groups in total. The van der Waals surface area contributed by atoms with E-state index in [2.05, 4.69) is 20.8 Å². The largest absolute Gasteiger partial charge is 0.276 e. The van der Waals surface area contributed by atoms with Gasteiger partial charge < -0.3 is 0 Å². The highest BCUT2D eigenvalue weighted by Crippen LogP contribution is 2.14. The summed E-state index contributed by atoms with van der Waals surface area (Å²) < 4.78 is 1.75. The van der Waals surface area contributed by atoms with Crippen molar-refractivity contribution >= 4 is 22.6 Å². The van der Waals surface area contributed by atoms with Crippen molar-refractivity contribution in [3.63, 3.8) is 0 Å². The molecule has 4 rings (SSSR count). The smallest absolute Gasteiger partial charge is 0.182 e. The van der Waals surface area contributed by atoms with E-state index in [0.717, 1.165) is 22.3 Å². The fourth-order valence-electron chi connectivity index (χ4n) is 2.48. The van der Waals surface area contributed by atoms with E-state index in [-0.39, 0.29) is 0 Å². The second-order valence-electron chi connectivity index (χ2n) is 5.27. The Bertz CT molecular complexity index is 974. The van der Waals surface area contributed by atoms with Crippen molar-refractivity contribution in [2.24, 2.45) is 5.10 Å². The molecular formula is C19H15N5. The number of aromatic nitrogens is 3. The number of hydrogen-bond donors (Lipinski definition) is 1. The summed E-state index contributed by atoms with van der Waals surface area (Å²) in [5.74, 6) is 0.688. The van der Waals surface area contributed by atoms with Crippen LogP contribution in [0.15, 0.2) is 90.0 Å². The molecule has 0 amide bonds. The van der Waals surface area contributed by atoms with Gasteiger partial charge in [0.05, 0.1) is 11.2 Å². The predicted octanol–water partition coefficient (Wildman–Crippen LogP) is 3.75. The van der Waals surface area contributed by atoms with E-state index in [1.807, 2.05) is 84.9 Å². The van der Waals surface area contributed by atoms with Crippen molar-refractivity contribution in [3.8, 4) is 0 Å². The number of hydrogen-bond acceptors (Lipinski definition) is 4. The lowest BCUT2D eigenvalue weighted by Crippen LogP contribution is -2.17. The Morgan fingerprint density at radius 3 is 2.25 bits per heavy atom. The van der Waals surface area contributed by atoms with Crippen molar-refractivity contribution < 1.29 is 0 Å². The quantitative estimate of drug-likeness (QED) is 0.356. The Labute approximate surface area is 139 Å². The highest BCUT2D eigenvalue weighted by molar-refractivity contribution is 6.04. The third-order valence-electron chi connectivity index (χ3n) is 3.65. The summed E-state index contributed by atoms with van der Waals surface area (Å²) in [6.07, 6.45) is 0. The van der Waals surface area contributed by atoms with E-state index in [9.17, 15) is 0 Å². The zero-order valence-electron chi connectivity index (χ0n) is 12.9. The van der Waals surface area contributed by atoms with Gasteiger partial charge in [-0.05, 0) is 24.3 Å². The molecule has 0 spiro atoms. The van der Waals surface area contributed by atoms with E-state index < -0.39 is 0 Å². The minimum absolute atomic E-state index is 0.688. The van der Waals surface area contributed by atoms with Crippen LogP contribution in [0.3, 0.4) is 0 Å². The Kier molecular flexibility index (Phi) is 3.73. The van der Waals surface area contributed by atoms with E-state index in [1.165, 1.54) is 0 Å². The first-order valence-corrected chi connectivity index (χ1v) is 7.67. The predicted molar refractivity (Wildman–Crippen MR) is 96.0 cm³/mol. The van der Waals surface area contributed by atoms with Gasteiger partial charge in [-0.1, -0.05) is 65.9 Å². The number of fused-ring (bicyclic) bond motifs is 1. The second kappa shape index (κ2) is 6.34. The minimum Gasteiger partial charge on any atom is -0.276 e. The van der Waals surface area contributed by atoms with Crippen molar-refractivity contribution in [3.05, 3.63) is 90.5 Å². The molecule has 0 aliphatic rings. The van der Waals surface area contributed by atoms with Crippen LogP contribution in [0.2, 0.25) is 0 Å². The number of nitrogens with one attached hydrogen (secondary N) is 1. The highest BCUT2D eigenvalue weighted by Gasteiger charge is 2.12. The Hall–Kier alpha value is -3.47. The number of rotatable bonds is 3. The first-order valence-electron chi connectivity index (χ1n) is 7.67. The van der Waals surface area contributed by atoms with Crippen LogP contribution in [-0.4, -0.2) is 20.8 Å².